The number of anilines is 1. The Morgan fingerprint density at radius 2 is 1.50 bits per heavy atom. The number of benzene rings is 3. The first kappa shape index (κ1) is 24.7. The lowest BCUT2D eigenvalue weighted by molar-refractivity contribution is 0.324. The van der Waals surface area contributed by atoms with Gasteiger partial charge in [-0.1, -0.05) is 18.2 Å². The smallest absolute Gasteiger partial charge is 0.262 e. The van der Waals surface area contributed by atoms with Crippen molar-refractivity contribution in [3.8, 4) is 28.7 Å². The van der Waals surface area contributed by atoms with E-state index in [1.54, 1.807) is 24.3 Å². The number of phenolic OH excluding ortho intramolecular Hbond substituents is 1. The second kappa shape index (κ2) is 10.3. The molecule has 0 atom stereocenters. The van der Waals surface area contributed by atoms with Crippen LogP contribution in [0.2, 0.25) is 0 Å². The van der Waals surface area contributed by atoms with Gasteiger partial charge in [-0.3, -0.25) is 4.72 Å². The van der Waals surface area contributed by atoms with Gasteiger partial charge in [0.15, 0.2) is 23.0 Å². The summed E-state index contributed by atoms with van der Waals surface area (Å²) in [6, 6.07) is 10.9. The van der Waals surface area contributed by atoms with Crippen molar-refractivity contribution < 1.29 is 36.9 Å². The summed E-state index contributed by atoms with van der Waals surface area (Å²) in [5, 5.41) is 10.2. The highest BCUT2D eigenvalue weighted by atomic mass is 32.2. The molecule has 2 N–H and O–H groups in total. The van der Waals surface area contributed by atoms with Crippen molar-refractivity contribution in [1.29, 1.82) is 0 Å². The zero-order chi connectivity index (χ0) is 24.9. The molecule has 0 radical (unpaired) electrons. The molecule has 0 saturated carbocycles. The Kier molecular flexibility index (Phi) is 7.52. The van der Waals surface area contributed by atoms with Crippen LogP contribution in [-0.2, 0) is 10.0 Å². The van der Waals surface area contributed by atoms with Gasteiger partial charge in [-0.25, -0.2) is 12.8 Å². The molecule has 3 aromatic carbocycles. The fraction of sp³-hybridized carbons (Fsp3) is 0.167. The lowest BCUT2D eigenvalue weighted by Gasteiger charge is -2.16. The van der Waals surface area contributed by atoms with Crippen molar-refractivity contribution in [1.82, 2.24) is 0 Å². The Bertz CT molecular complexity index is 1300. The molecule has 0 aromatic heterocycles. The summed E-state index contributed by atoms with van der Waals surface area (Å²) < 4.78 is 63.1. The minimum atomic E-state index is -4.19. The van der Waals surface area contributed by atoms with Crippen LogP contribution in [0.15, 0.2) is 53.4 Å². The number of hydrogen-bond donors (Lipinski definition) is 2. The highest BCUT2D eigenvalue weighted by Crippen LogP contribution is 2.41. The third-order valence-corrected chi connectivity index (χ3v) is 6.21. The largest absolute Gasteiger partial charge is 0.504 e. The van der Waals surface area contributed by atoms with Crippen LogP contribution >= 0.6 is 0 Å². The maximum absolute atomic E-state index is 13.6. The molecule has 3 aromatic rings. The molecule has 34 heavy (non-hydrogen) atoms. The van der Waals surface area contributed by atoms with Crippen LogP contribution in [-0.4, -0.2) is 42.0 Å². The van der Waals surface area contributed by atoms with Gasteiger partial charge in [0.2, 0.25) is 5.75 Å². The van der Waals surface area contributed by atoms with Crippen LogP contribution in [0.3, 0.4) is 0 Å². The standard InChI is InChI=1S/C24H24FNO7S/c1-30-20-12-15(13-21(31-2)24(20)33-4)8-9-16-10-11-19(27)23(32-3)22(16)26-34(28,29)18-7-5-6-17(25)14-18/h5-14,26-27H,1-4H3/b9-8-. The fourth-order valence-electron chi connectivity index (χ4n) is 3.25. The number of nitrogens with one attached hydrogen (secondary N) is 1. The maximum Gasteiger partial charge on any atom is 0.262 e. The second-order valence-electron chi connectivity index (χ2n) is 6.94. The number of ether oxygens (including phenoxy) is 4. The van der Waals surface area contributed by atoms with Gasteiger partial charge >= 0.3 is 0 Å². The monoisotopic (exact) mass is 489 g/mol. The summed E-state index contributed by atoms with van der Waals surface area (Å²) in [5.41, 5.74) is 1.03. The number of rotatable bonds is 9. The van der Waals surface area contributed by atoms with Gasteiger partial charge in [0, 0.05) is 5.56 Å². The molecule has 0 spiro atoms. The molecule has 0 bridgehead atoms. The Balaban J connectivity index is 2.08. The lowest BCUT2D eigenvalue weighted by atomic mass is 10.1. The van der Waals surface area contributed by atoms with Gasteiger partial charge in [0.25, 0.3) is 10.0 Å². The molecule has 0 aliphatic rings. The molecule has 180 valence electrons. The summed E-state index contributed by atoms with van der Waals surface area (Å²) in [7, 11) is 1.59. The van der Waals surface area contributed by atoms with E-state index in [1.807, 2.05) is 0 Å². The van der Waals surface area contributed by atoms with Crippen molar-refractivity contribution in [2.75, 3.05) is 33.2 Å². The highest BCUT2D eigenvalue weighted by molar-refractivity contribution is 7.92. The maximum atomic E-state index is 13.6. The first-order chi connectivity index (χ1) is 16.2. The zero-order valence-electron chi connectivity index (χ0n) is 19.0. The first-order valence-corrected chi connectivity index (χ1v) is 11.4. The quantitative estimate of drug-likeness (QED) is 0.426. The van der Waals surface area contributed by atoms with Crippen molar-refractivity contribution >= 4 is 27.9 Å². The minimum absolute atomic E-state index is 0.0181. The van der Waals surface area contributed by atoms with Crippen molar-refractivity contribution in [2.24, 2.45) is 0 Å². The van der Waals surface area contributed by atoms with Gasteiger partial charge in [-0.15, -0.1) is 0 Å². The molecule has 3 rings (SSSR count). The number of phenols is 1. The molecule has 0 saturated heterocycles. The molecule has 0 unspecified atom stereocenters. The van der Waals surface area contributed by atoms with E-state index in [0.717, 1.165) is 12.1 Å². The topological polar surface area (TPSA) is 103 Å². The van der Waals surface area contributed by atoms with Gasteiger partial charge in [-0.05, 0) is 48.0 Å². The number of aromatic hydroxyl groups is 1. The average Bonchev–Trinajstić information content (AvgIpc) is 2.82. The normalized spacial score (nSPS) is 11.3. The molecular formula is C24H24FNO7S. The Hall–Kier alpha value is -3.92. The summed E-state index contributed by atoms with van der Waals surface area (Å²) in [6.07, 6.45) is 3.31. The van der Waals surface area contributed by atoms with Gasteiger partial charge in [-0.2, -0.15) is 0 Å². The van der Waals surface area contributed by atoms with Crippen LogP contribution in [0.5, 0.6) is 28.7 Å². The second-order valence-corrected chi connectivity index (χ2v) is 8.62. The lowest BCUT2D eigenvalue weighted by Crippen LogP contribution is -2.14. The van der Waals surface area contributed by atoms with E-state index in [1.165, 1.54) is 52.7 Å². The molecule has 8 nitrogen and oxygen atoms in total. The molecule has 0 fully saturated rings. The predicted octanol–water partition coefficient (Wildman–Crippen LogP) is 4.54. The minimum Gasteiger partial charge on any atom is -0.504 e. The predicted molar refractivity (Wildman–Crippen MR) is 127 cm³/mol. The average molecular weight is 490 g/mol. The first-order valence-electron chi connectivity index (χ1n) is 9.90. The van der Waals surface area contributed by atoms with Crippen molar-refractivity contribution in [3.63, 3.8) is 0 Å². The summed E-state index contributed by atoms with van der Waals surface area (Å²) in [4.78, 5) is -0.280. The summed E-state index contributed by atoms with van der Waals surface area (Å²) >= 11 is 0. The molecular weight excluding hydrogens is 465 g/mol. The van der Waals surface area contributed by atoms with Crippen molar-refractivity contribution in [3.05, 3.63) is 65.5 Å². The molecule has 0 amide bonds. The van der Waals surface area contributed by atoms with E-state index in [-0.39, 0.29) is 22.1 Å². The van der Waals surface area contributed by atoms with Gasteiger partial charge in [0.1, 0.15) is 11.5 Å². The van der Waals surface area contributed by atoms with Crippen LogP contribution in [0.4, 0.5) is 10.1 Å². The molecule has 0 heterocycles. The van der Waals surface area contributed by atoms with Gasteiger partial charge < -0.3 is 24.1 Å². The summed E-state index contributed by atoms with van der Waals surface area (Å²) in [6.45, 7) is 0. The molecule has 10 heteroatoms. The molecule has 0 aliphatic heterocycles. The molecule has 0 aliphatic carbocycles. The van der Waals surface area contributed by atoms with Crippen LogP contribution in [0, 0.1) is 5.82 Å². The van der Waals surface area contributed by atoms with E-state index in [0.29, 0.717) is 28.4 Å². The van der Waals surface area contributed by atoms with Crippen molar-refractivity contribution in [2.45, 2.75) is 4.90 Å². The van der Waals surface area contributed by atoms with E-state index in [2.05, 4.69) is 4.72 Å². The fourth-order valence-corrected chi connectivity index (χ4v) is 4.37. The third kappa shape index (κ3) is 5.18. The van der Waals surface area contributed by atoms with E-state index >= 15 is 0 Å². The number of methoxy groups -OCH3 is 4. The SMILES string of the molecule is COc1cc(/C=C\c2ccc(O)c(OC)c2NS(=O)(=O)c2cccc(F)c2)cc(OC)c1OC. The van der Waals surface area contributed by atoms with Crippen LogP contribution in [0.1, 0.15) is 11.1 Å². The number of hydrogen-bond acceptors (Lipinski definition) is 7. The van der Waals surface area contributed by atoms with E-state index in [4.69, 9.17) is 18.9 Å². The zero-order valence-corrected chi connectivity index (χ0v) is 19.8. The summed E-state index contributed by atoms with van der Waals surface area (Å²) in [5.74, 6) is 0.246. The van der Waals surface area contributed by atoms with Gasteiger partial charge in [0.05, 0.1) is 33.3 Å². The Morgan fingerprint density at radius 3 is 2.06 bits per heavy atom. The van der Waals surface area contributed by atoms with Crippen LogP contribution in [0.25, 0.3) is 12.2 Å². The number of sulfonamides is 1. The van der Waals surface area contributed by atoms with Crippen LogP contribution < -0.4 is 23.7 Å². The Morgan fingerprint density at radius 1 is 0.853 bits per heavy atom. The third-order valence-electron chi connectivity index (χ3n) is 4.86. The highest BCUT2D eigenvalue weighted by Gasteiger charge is 2.21. The number of halogens is 1. The van der Waals surface area contributed by atoms with E-state index in [9.17, 15) is 17.9 Å². The Labute approximate surface area is 197 Å². The van der Waals surface area contributed by atoms with E-state index < -0.39 is 15.8 Å².